The van der Waals surface area contributed by atoms with E-state index in [0.717, 1.165) is 18.3 Å². The molecule has 29 heavy (non-hydrogen) atoms. The SMILES string of the molecule is Fc1cccc(F)c1C1=Nc2c(F)cnn2-c2cc(N3CCOCC3)ncc2N1. The van der Waals surface area contributed by atoms with Gasteiger partial charge in [0.15, 0.2) is 11.6 Å². The second-order valence-corrected chi connectivity index (χ2v) is 6.57. The molecular formula is C19H15F3N6O. The van der Waals surface area contributed by atoms with Crippen molar-refractivity contribution in [1.82, 2.24) is 14.8 Å². The van der Waals surface area contributed by atoms with Crippen LogP contribution in [-0.2, 0) is 4.74 Å². The highest BCUT2D eigenvalue weighted by atomic mass is 19.1. The summed E-state index contributed by atoms with van der Waals surface area (Å²) in [4.78, 5) is 10.6. The van der Waals surface area contributed by atoms with E-state index in [1.807, 2.05) is 4.90 Å². The Balaban J connectivity index is 1.66. The van der Waals surface area contributed by atoms with Gasteiger partial charge in [-0.3, -0.25) is 0 Å². The van der Waals surface area contributed by atoms with Crippen LogP contribution in [0.25, 0.3) is 5.69 Å². The van der Waals surface area contributed by atoms with Crippen molar-refractivity contribution in [3.8, 4) is 5.69 Å². The monoisotopic (exact) mass is 400 g/mol. The van der Waals surface area contributed by atoms with E-state index < -0.39 is 17.5 Å². The molecule has 1 saturated heterocycles. The van der Waals surface area contributed by atoms with Gasteiger partial charge in [-0.15, -0.1) is 0 Å². The molecule has 3 aromatic rings. The molecule has 1 N–H and O–H groups in total. The Bertz CT molecular complexity index is 1100. The van der Waals surface area contributed by atoms with E-state index in [-0.39, 0.29) is 17.2 Å². The second-order valence-electron chi connectivity index (χ2n) is 6.57. The Kier molecular flexibility index (Phi) is 4.20. The fraction of sp³-hybridized carbons (Fsp3) is 0.211. The van der Waals surface area contributed by atoms with Gasteiger partial charge in [0.2, 0.25) is 0 Å². The number of aliphatic imine (C=N–C) groups is 1. The molecule has 1 fully saturated rings. The van der Waals surface area contributed by atoms with Crippen LogP contribution in [0.5, 0.6) is 0 Å². The van der Waals surface area contributed by atoms with Gasteiger partial charge in [-0.05, 0) is 12.1 Å². The average Bonchev–Trinajstić information content (AvgIpc) is 3.00. The minimum absolute atomic E-state index is 0.159. The molecule has 0 amide bonds. The Morgan fingerprint density at radius 1 is 1.00 bits per heavy atom. The summed E-state index contributed by atoms with van der Waals surface area (Å²) in [6, 6.07) is 5.21. The van der Waals surface area contributed by atoms with Gasteiger partial charge in [-0.2, -0.15) is 5.10 Å². The summed E-state index contributed by atoms with van der Waals surface area (Å²) in [6.07, 6.45) is 2.53. The zero-order valence-corrected chi connectivity index (χ0v) is 15.1. The zero-order chi connectivity index (χ0) is 20.0. The normalized spacial score (nSPS) is 15.8. The number of hydrogen-bond donors (Lipinski definition) is 1. The Hall–Kier alpha value is -3.40. The van der Waals surface area contributed by atoms with E-state index in [9.17, 15) is 13.2 Å². The fourth-order valence-corrected chi connectivity index (χ4v) is 3.37. The maximum atomic E-state index is 14.4. The highest BCUT2D eigenvalue weighted by Gasteiger charge is 2.25. The van der Waals surface area contributed by atoms with Crippen molar-refractivity contribution in [3.05, 3.63) is 59.7 Å². The minimum Gasteiger partial charge on any atom is -0.378 e. The lowest BCUT2D eigenvalue weighted by atomic mass is 10.1. The fourth-order valence-electron chi connectivity index (χ4n) is 3.37. The first-order valence-corrected chi connectivity index (χ1v) is 8.98. The predicted molar refractivity (Wildman–Crippen MR) is 101 cm³/mol. The molecule has 0 bridgehead atoms. The largest absolute Gasteiger partial charge is 0.378 e. The second kappa shape index (κ2) is 6.89. The van der Waals surface area contributed by atoms with E-state index in [4.69, 9.17) is 4.74 Å². The zero-order valence-electron chi connectivity index (χ0n) is 15.1. The lowest BCUT2D eigenvalue weighted by Crippen LogP contribution is -2.36. The highest BCUT2D eigenvalue weighted by Crippen LogP contribution is 2.33. The van der Waals surface area contributed by atoms with Gasteiger partial charge in [0.1, 0.15) is 23.3 Å². The van der Waals surface area contributed by atoms with Gasteiger partial charge >= 0.3 is 0 Å². The van der Waals surface area contributed by atoms with E-state index in [2.05, 4.69) is 20.4 Å². The molecule has 10 heteroatoms. The predicted octanol–water partition coefficient (Wildman–Crippen LogP) is 3.03. The van der Waals surface area contributed by atoms with Crippen molar-refractivity contribution in [2.45, 2.75) is 0 Å². The van der Waals surface area contributed by atoms with Crippen LogP contribution in [0.1, 0.15) is 5.56 Å². The van der Waals surface area contributed by atoms with Crippen LogP contribution in [0, 0.1) is 17.5 Å². The first kappa shape index (κ1) is 17.7. The molecule has 4 heterocycles. The number of anilines is 2. The topological polar surface area (TPSA) is 67.6 Å². The highest BCUT2D eigenvalue weighted by molar-refractivity contribution is 6.11. The number of amidine groups is 1. The molecular weight excluding hydrogens is 385 g/mol. The molecule has 5 rings (SSSR count). The van der Waals surface area contributed by atoms with Crippen LogP contribution in [-0.4, -0.2) is 46.9 Å². The number of morpholine rings is 1. The van der Waals surface area contributed by atoms with Crippen LogP contribution in [0.3, 0.4) is 0 Å². The summed E-state index contributed by atoms with van der Waals surface area (Å²) in [5.74, 6) is -2.00. The van der Waals surface area contributed by atoms with E-state index in [1.165, 1.54) is 16.9 Å². The summed E-state index contributed by atoms with van der Waals surface area (Å²) in [6.45, 7) is 2.50. The Morgan fingerprint density at radius 2 is 1.76 bits per heavy atom. The number of hydrogen-bond acceptors (Lipinski definition) is 6. The van der Waals surface area contributed by atoms with Crippen LogP contribution < -0.4 is 10.2 Å². The van der Waals surface area contributed by atoms with Gasteiger partial charge < -0.3 is 15.0 Å². The molecule has 2 aliphatic heterocycles. The summed E-state index contributed by atoms with van der Waals surface area (Å²) in [5, 5.41) is 6.94. The van der Waals surface area contributed by atoms with E-state index in [1.54, 1.807) is 6.07 Å². The number of ether oxygens (including phenoxy) is 1. The molecule has 0 spiro atoms. The van der Waals surface area contributed by atoms with Crippen molar-refractivity contribution in [3.63, 3.8) is 0 Å². The quantitative estimate of drug-likeness (QED) is 0.716. The molecule has 0 aliphatic carbocycles. The first-order valence-electron chi connectivity index (χ1n) is 8.98. The van der Waals surface area contributed by atoms with Gasteiger partial charge in [-0.1, -0.05) is 6.07 Å². The van der Waals surface area contributed by atoms with Crippen molar-refractivity contribution >= 4 is 23.2 Å². The number of fused-ring (bicyclic) bond motifs is 3. The summed E-state index contributed by atoms with van der Waals surface area (Å²) < 4.78 is 49.7. The van der Waals surface area contributed by atoms with Crippen LogP contribution in [0.15, 0.2) is 41.7 Å². The maximum absolute atomic E-state index is 14.4. The summed E-state index contributed by atoms with van der Waals surface area (Å²) in [5.41, 5.74) is 0.478. The molecule has 2 aromatic heterocycles. The number of nitrogens with zero attached hydrogens (tertiary/aromatic N) is 5. The lowest BCUT2D eigenvalue weighted by molar-refractivity contribution is 0.122. The van der Waals surface area contributed by atoms with Crippen molar-refractivity contribution < 1.29 is 17.9 Å². The molecule has 0 unspecified atom stereocenters. The summed E-state index contributed by atoms with van der Waals surface area (Å²) >= 11 is 0. The van der Waals surface area contributed by atoms with Crippen LogP contribution in [0.2, 0.25) is 0 Å². The third-order valence-electron chi connectivity index (χ3n) is 4.80. The van der Waals surface area contributed by atoms with Crippen molar-refractivity contribution in [2.75, 3.05) is 36.5 Å². The van der Waals surface area contributed by atoms with Gasteiger partial charge in [0.05, 0.1) is 42.5 Å². The standard InChI is InChI=1S/C19H15F3N6O/c20-11-2-1-3-12(21)17(11)18-25-14-10-23-16(27-4-6-29-7-5-27)8-15(14)28-19(26-18)13(22)9-24-28/h1-3,8-10H,4-7H2,(H,25,26). The molecule has 0 radical (unpaired) electrons. The molecule has 0 saturated carbocycles. The van der Waals surface area contributed by atoms with Crippen LogP contribution >= 0.6 is 0 Å². The third-order valence-corrected chi connectivity index (χ3v) is 4.80. The number of aromatic nitrogens is 3. The number of rotatable bonds is 2. The average molecular weight is 400 g/mol. The van der Waals surface area contributed by atoms with Crippen molar-refractivity contribution in [1.29, 1.82) is 0 Å². The molecule has 1 aromatic carbocycles. The van der Waals surface area contributed by atoms with E-state index in [0.29, 0.717) is 43.5 Å². The molecule has 0 atom stereocenters. The Morgan fingerprint density at radius 3 is 2.52 bits per heavy atom. The van der Waals surface area contributed by atoms with Crippen molar-refractivity contribution in [2.24, 2.45) is 4.99 Å². The minimum atomic E-state index is -0.816. The number of benzene rings is 1. The number of pyridine rings is 1. The molecule has 7 nitrogen and oxygen atoms in total. The van der Waals surface area contributed by atoms with Crippen LogP contribution in [0.4, 0.5) is 30.5 Å². The van der Waals surface area contributed by atoms with Gasteiger partial charge in [0.25, 0.3) is 0 Å². The lowest BCUT2D eigenvalue weighted by Gasteiger charge is -2.28. The maximum Gasteiger partial charge on any atom is 0.194 e. The molecule has 2 aliphatic rings. The molecule has 148 valence electrons. The third kappa shape index (κ3) is 3.01. The summed E-state index contributed by atoms with van der Waals surface area (Å²) in [7, 11) is 0. The van der Waals surface area contributed by atoms with Gasteiger partial charge in [0, 0.05) is 19.2 Å². The smallest absolute Gasteiger partial charge is 0.194 e. The first-order chi connectivity index (χ1) is 14.1. The number of halogens is 3. The van der Waals surface area contributed by atoms with E-state index >= 15 is 0 Å². The Labute approximate surface area is 163 Å². The number of nitrogens with one attached hydrogen (secondary N) is 1. The van der Waals surface area contributed by atoms with Gasteiger partial charge in [-0.25, -0.2) is 27.8 Å².